The van der Waals surface area contributed by atoms with Crippen molar-refractivity contribution in [2.45, 2.75) is 19.8 Å². The van der Waals surface area contributed by atoms with Crippen LogP contribution in [-0.4, -0.2) is 0 Å². The summed E-state index contributed by atoms with van der Waals surface area (Å²) in [5, 5.41) is 0. The summed E-state index contributed by atoms with van der Waals surface area (Å²) in [6.45, 7) is 2.20. The van der Waals surface area contributed by atoms with E-state index in [9.17, 15) is 0 Å². The summed E-state index contributed by atoms with van der Waals surface area (Å²) in [6, 6.07) is 62.2. The van der Waals surface area contributed by atoms with Crippen molar-refractivity contribution in [2.75, 3.05) is 0 Å². The number of allylic oxidation sites excluding steroid dienone is 4. The third-order valence-electron chi connectivity index (χ3n) is 9.47. The molecule has 1 aliphatic carbocycles. The van der Waals surface area contributed by atoms with E-state index in [4.69, 9.17) is 0 Å². The van der Waals surface area contributed by atoms with Crippen molar-refractivity contribution in [2.24, 2.45) is 0 Å². The topological polar surface area (TPSA) is 0 Å². The Kier molecular flexibility index (Phi) is 8.45. The zero-order chi connectivity index (χ0) is 33.0. The minimum Gasteiger partial charge on any atom is -0.0836 e. The van der Waals surface area contributed by atoms with Gasteiger partial charge in [-0.25, -0.2) is 0 Å². The van der Waals surface area contributed by atoms with Crippen molar-refractivity contribution < 1.29 is 0 Å². The summed E-state index contributed by atoms with van der Waals surface area (Å²) in [4.78, 5) is 0. The molecule has 0 heteroatoms. The van der Waals surface area contributed by atoms with Gasteiger partial charge in [-0.3, -0.25) is 0 Å². The highest BCUT2D eigenvalue weighted by Crippen LogP contribution is 2.37. The van der Waals surface area contributed by atoms with E-state index < -0.39 is 0 Å². The van der Waals surface area contributed by atoms with Gasteiger partial charge >= 0.3 is 0 Å². The molecule has 0 nitrogen and oxygen atoms in total. The molecule has 0 aromatic heterocycles. The van der Waals surface area contributed by atoms with Gasteiger partial charge in [0, 0.05) is 0 Å². The maximum absolute atomic E-state index is 2.37. The first-order valence-corrected chi connectivity index (χ1v) is 17.2. The molecule has 0 saturated carbocycles. The Morgan fingerprint density at radius 2 is 0.653 bits per heavy atom. The number of benzene rings is 7. The Labute approximate surface area is 290 Å². The van der Waals surface area contributed by atoms with E-state index in [0.29, 0.717) is 0 Å². The fraction of sp³-hybridized carbons (Fsp3) is 0.0612. The molecule has 0 fully saturated rings. The van der Waals surface area contributed by atoms with Gasteiger partial charge in [0.15, 0.2) is 0 Å². The van der Waals surface area contributed by atoms with Crippen LogP contribution in [0.25, 0.3) is 72.3 Å². The molecule has 0 aliphatic heterocycles. The molecule has 49 heavy (non-hydrogen) atoms. The highest BCUT2D eigenvalue weighted by Gasteiger charge is 2.12. The molecular formula is C49H38. The van der Waals surface area contributed by atoms with Gasteiger partial charge in [-0.2, -0.15) is 0 Å². The summed E-state index contributed by atoms with van der Waals surface area (Å²) in [6.07, 6.45) is 9.12. The summed E-state index contributed by atoms with van der Waals surface area (Å²) in [7, 11) is 0. The van der Waals surface area contributed by atoms with Crippen LogP contribution in [-0.2, 0) is 0 Å². The summed E-state index contributed by atoms with van der Waals surface area (Å²) < 4.78 is 0. The zero-order valence-electron chi connectivity index (χ0n) is 27.8. The van der Waals surface area contributed by atoms with Gasteiger partial charge in [0.1, 0.15) is 0 Å². The third kappa shape index (κ3) is 6.73. The first kappa shape index (κ1) is 30.4. The van der Waals surface area contributed by atoms with Crippen molar-refractivity contribution in [1.82, 2.24) is 0 Å². The number of rotatable bonds is 7. The van der Waals surface area contributed by atoms with Gasteiger partial charge in [-0.05, 0) is 146 Å². The van der Waals surface area contributed by atoms with Crippen LogP contribution in [0.2, 0.25) is 0 Å². The predicted octanol–water partition coefficient (Wildman–Crippen LogP) is 13.7. The Morgan fingerprint density at radius 3 is 1.16 bits per heavy atom. The second kappa shape index (κ2) is 13.6. The van der Waals surface area contributed by atoms with Crippen LogP contribution < -0.4 is 0 Å². The largest absolute Gasteiger partial charge is 0.0836 e. The molecule has 7 aromatic carbocycles. The van der Waals surface area contributed by atoms with E-state index in [1.165, 1.54) is 83.5 Å². The molecule has 0 saturated heterocycles. The lowest BCUT2D eigenvalue weighted by atomic mass is 9.89. The van der Waals surface area contributed by atoms with Crippen molar-refractivity contribution in [1.29, 1.82) is 0 Å². The first-order valence-electron chi connectivity index (χ1n) is 17.2. The fourth-order valence-electron chi connectivity index (χ4n) is 6.97. The minimum atomic E-state index is 1.09. The van der Waals surface area contributed by atoms with E-state index in [0.717, 1.165) is 12.8 Å². The molecule has 0 unspecified atom stereocenters. The third-order valence-corrected chi connectivity index (χ3v) is 9.47. The molecule has 234 valence electrons. The van der Waals surface area contributed by atoms with Crippen LogP contribution >= 0.6 is 0 Å². The lowest BCUT2D eigenvalue weighted by Crippen LogP contribution is -1.90. The monoisotopic (exact) mass is 626 g/mol. The molecule has 8 rings (SSSR count). The molecule has 7 aromatic rings. The van der Waals surface area contributed by atoms with E-state index in [-0.39, 0.29) is 0 Å². The lowest BCUT2D eigenvalue weighted by molar-refractivity contribution is 1.04. The number of hydrogen-bond acceptors (Lipinski definition) is 0. The van der Waals surface area contributed by atoms with Crippen LogP contribution in [0.5, 0.6) is 0 Å². The van der Waals surface area contributed by atoms with E-state index in [2.05, 4.69) is 195 Å². The second-order valence-corrected chi connectivity index (χ2v) is 13.0. The predicted molar refractivity (Wildman–Crippen MR) is 210 cm³/mol. The van der Waals surface area contributed by atoms with Gasteiger partial charge < -0.3 is 0 Å². The zero-order valence-corrected chi connectivity index (χ0v) is 27.8. The molecule has 0 spiro atoms. The standard InChI is InChI=1S/C49H38/c1-35-26-45(38-18-9-4-10-19-38)31-46(27-35)49-33-47(43-24-12-21-40(29-43)37-16-7-3-8-17-37)32-48(34-49)44-25-13-23-42(30-44)41-22-11-20-39(28-41)36-14-5-2-6-15-36/h2,4-7,9-34H,3,8H2,1H3. The second-order valence-electron chi connectivity index (χ2n) is 13.0. The first-order chi connectivity index (χ1) is 24.2. The van der Waals surface area contributed by atoms with Gasteiger partial charge in [0.25, 0.3) is 0 Å². The van der Waals surface area contributed by atoms with Crippen molar-refractivity contribution >= 4 is 5.57 Å². The maximum Gasteiger partial charge on any atom is -0.0171 e. The fourth-order valence-corrected chi connectivity index (χ4v) is 6.97. The normalized spacial score (nSPS) is 12.5. The Bertz CT molecular complexity index is 2320. The van der Waals surface area contributed by atoms with Crippen LogP contribution in [0.3, 0.4) is 0 Å². The minimum absolute atomic E-state index is 1.09. The Balaban J connectivity index is 1.26. The van der Waals surface area contributed by atoms with Gasteiger partial charge in [-0.15, -0.1) is 0 Å². The van der Waals surface area contributed by atoms with E-state index in [1.807, 2.05) is 0 Å². The lowest BCUT2D eigenvalue weighted by Gasteiger charge is -2.15. The van der Waals surface area contributed by atoms with E-state index in [1.54, 1.807) is 0 Å². The Hall–Kier alpha value is -5.98. The molecule has 0 heterocycles. The maximum atomic E-state index is 2.37. The molecule has 0 bridgehead atoms. The molecule has 0 radical (unpaired) electrons. The van der Waals surface area contributed by atoms with Crippen LogP contribution in [0, 0.1) is 6.92 Å². The average molecular weight is 627 g/mol. The quantitative estimate of drug-likeness (QED) is 0.165. The van der Waals surface area contributed by atoms with Gasteiger partial charge in [0.05, 0.1) is 0 Å². The number of aryl methyl sites for hydroxylation is 1. The summed E-state index contributed by atoms with van der Waals surface area (Å²) >= 11 is 0. The smallest absolute Gasteiger partial charge is 0.0171 e. The highest BCUT2D eigenvalue weighted by atomic mass is 14.2. The molecule has 0 N–H and O–H groups in total. The molecular weight excluding hydrogens is 589 g/mol. The van der Waals surface area contributed by atoms with Crippen LogP contribution in [0.15, 0.2) is 188 Å². The summed E-state index contributed by atoms with van der Waals surface area (Å²) in [5.41, 5.74) is 18.5. The molecule has 1 aliphatic rings. The highest BCUT2D eigenvalue weighted by molar-refractivity contribution is 5.86. The van der Waals surface area contributed by atoms with Gasteiger partial charge in [-0.1, -0.05) is 146 Å². The van der Waals surface area contributed by atoms with Crippen LogP contribution in [0.1, 0.15) is 24.0 Å². The van der Waals surface area contributed by atoms with Gasteiger partial charge in [0.2, 0.25) is 0 Å². The Morgan fingerprint density at radius 1 is 0.306 bits per heavy atom. The van der Waals surface area contributed by atoms with Crippen molar-refractivity contribution in [3.8, 4) is 66.8 Å². The molecule has 0 atom stereocenters. The average Bonchev–Trinajstić information content (AvgIpc) is 3.19. The molecule has 0 amide bonds. The van der Waals surface area contributed by atoms with Crippen molar-refractivity contribution in [3.63, 3.8) is 0 Å². The summed E-state index contributed by atoms with van der Waals surface area (Å²) in [5.74, 6) is 0. The SMILES string of the molecule is Cc1cc(-c2ccccc2)cc(-c2cc(-c3cccc(C4=CCCC=C4)c3)cc(-c3cccc(-c4cccc(-c5ccccc5)c4)c3)c2)c1. The number of hydrogen-bond donors (Lipinski definition) is 0. The van der Waals surface area contributed by atoms with E-state index >= 15 is 0 Å². The van der Waals surface area contributed by atoms with Crippen molar-refractivity contribution in [3.05, 3.63) is 199 Å². The van der Waals surface area contributed by atoms with Crippen LogP contribution in [0.4, 0.5) is 0 Å².